The van der Waals surface area contributed by atoms with Crippen molar-refractivity contribution >= 4 is 23.5 Å². The molecule has 1 atom stereocenters. The highest BCUT2D eigenvalue weighted by Crippen LogP contribution is 2.40. The van der Waals surface area contributed by atoms with E-state index in [1.54, 1.807) is 30.3 Å². The van der Waals surface area contributed by atoms with Crippen LogP contribution in [0.3, 0.4) is 0 Å². The Bertz CT molecular complexity index is 1440. The molecule has 4 amide bonds. The molecule has 5 rings (SSSR count). The molecule has 0 aliphatic carbocycles. The number of carbonyl (C=O) groups excluding carboxylic acids is 3. The van der Waals surface area contributed by atoms with Crippen molar-refractivity contribution in [3.05, 3.63) is 126 Å². The average Bonchev–Trinajstić information content (AvgIpc) is 3.23. The van der Waals surface area contributed by atoms with Crippen molar-refractivity contribution < 1.29 is 18.8 Å². The van der Waals surface area contributed by atoms with E-state index in [0.717, 1.165) is 21.6 Å². The van der Waals surface area contributed by atoms with Gasteiger partial charge < -0.3 is 10.6 Å². The summed E-state index contributed by atoms with van der Waals surface area (Å²) in [5.41, 5.74) is 3.98. The van der Waals surface area contributed by atoms with Gasteiger partial charge in [0, 0.05) is 13.1 Å². The van der Waals surface area contributed by atoms with Crippen LogP contribution in [0.15, 0.2) is 103 Å². The van der Waals surface area contributed by atoms with Gasteiger partial charge in [-0.15, -0.1) is 0 Å². The Morgan fingerprint density at radius 1 is 0.730 bits per heavy atom. The molecule has 0 fully saturated rings. The number of anilines is 1. The van der Waals surface area contributed by atoms with E-state index in [-0.39, 0.29) is 18.9 Å². The van der Waals surface area contributed by atoms with Gasteiger partial charge in [-0.25, -0.2) is 14.1 Å². The minimum atomic E-state index is -1.19. The van der Waals surface area contributed by atoms with Gasteiger partial charge in [-0.05, 0) is 52.1 Å². The second-order valence-electron chi connectivity index (χ2n) is 8.73. The summed E-state index contributed by atoms with van der Waals surface area (Å²) in [7, 11) is 0. The number of urea groups is 1. The number of halogens is 1. The molecule has 0 spiro atoms. The van der Waals surface area contributed by atoms with Crippen LogP contribution in [0.25, 0.3) is 11.1 Å². The zero-order valence-electron chi connectivity index (χ0n) is 19.9. The zero-order chi connectivity index (χ0) is 25.8. The number of rotatable bonds is 6. The zero-order valence-corrected chi connectivity index (χ0v) is 19.9. The first-order valence-electron chi connectivity index (χ1n) is 11.9. The Hall–Kier alpha value is -4.78. The molecule has 1 aliphatic rings. The molecule has 0 bridgehead atoms. The molecule has 7 heteroatoms. The lowest BCUT2D eigenvalue weighted by molar-refractivity contribution is -0.129. The van der Waals surface area contributed by atoms with Crippen molar-refractivity contribution in [3.63, 3.8) is 0 Å². The molecule has 0 saturated carbocycles. The summed E-state index contributed by atoms with van der Waals surface area (Å²) in [6.07, 6.45) is 0. The maximum absolute atomic E-state index is 13.5. The van der Waals surface area contributed by atoms with Crippen molar-refractivity contribution in [2.45, 2.75) is 19.0 Å². The van der Waals surface area contributed by atoms with Gasteiger partial charge in [-0.3, -0.25) is 9.59 Å². The maximum atomic E-state index is 13.5. The monoisotopic (exact) mass is 493 g/mol. The van der Waals surface area contributed by atoms with Crippen molar-refractivity contribution in [1.82, 2.24) is 10.6 Å². The summed E-state index contributed by atoms with van der Waals surface area (Å²) in [5.74, 6) is -2.67. The molecular formula is C30H24FN3O3. The van der Waals surface area contributed by atoms with Crippen molar-refractivity contribution in [1.29, 1.82) is 0 Å². The van der Waals surface area contributed by atoms with E-state index in [1.807, 2.05) is 60.7 Å². The number of carbonyl (C=O) groups is 3. The standard InChI is InChI=1S/C30H24FN3O3/c31-24-14-11-22(12-15-24)23-13-16-26-25(17-23)27(28(35)32-18-20-7-3-1-4-8-20)29(36)34(26)30(37)33-19-21-9-5-2-6-10-21/h1-17,27H,18-19H2,(H,32,35)(H,33,37). The van der Waals surface area contributed by atoms with Crippen LogP contribution in [-0.2, 0) is 22.7 Å². The molecule has 0 radical (unpaired) electrons. The molecule has 1 heterocycles. The molecule has 0 saturated heterocycles. The fourth-order valence-electron chi connectivity index (χ4n) is 4.39. The third-order valence-electron chi connectivity index (χ3n) is 6.29. The fourth-order valence-corrected chi connectivity index (χ4v) is 4.39. The van der Waals surface area contributed by atoms with Gasteiger partial charge >= 0.3 is 6.03 Å². The van der Waals surface area contributed by atoms with Gasteiger partial charge in [-0.1, -0.05) is 78.9 Å². The van der Waals surface area contributed by atoms with Crippen LogP contribution in [0.2, 0.25) is 0 Å². The maximum Gasteiger partial charge on any atom is 0.329 e. The highest BCUT2D eigenvalue weighted by atomic mass is 19.1. The van der Waals surface area contributed by atoms with E-state index in [1.165, 1.54) is 12.1 Å². The molecule has 6 nitrogen and oxygen atoms in total. The highest BCUT2D eigenvalue weighted by Gasteiger charge is 2.45. The third-order valence-corrected chi connectivity index (χ3v) is 6.29. The van der Waals surface area contributed by atoms with Crippen LogP contribution in [0.1, 0.15) is 22.6 Å². The second-order valence-corrected chi connectivity index (χ2v) is 8.73. The quantitative estimate of drug-likeness (QED) is 0.365. The van der Waals surface area contributed by atoms with Gasteiger partial charge in [0.05, 0.1) is 5.69 Å². The highest BCUT2D eigenvalue weighted by molar-refractivity contribution is 6.27. The lowest BCUT2D eigenvalue weighted by Crippen LogP contribution is -2.44. The first-order valence-corrected chi connectivity index (χ1v) is 11.9. The van der Waals surface area contributed by atoms with Gasteiger partial charge in [0.1, 0.15) is 11.7 Å². The van der Waals surface area contributed by atoms with Gasteiger partial charge in [0.15, 0.2) is 0 Å². The topological polar surface area (TPSA) is 78.5 Å². The summed E-state index contributed by atoms with van der Waals surface area (Å²) in [6, 6.07) is 29.2. The van der Waals surface area contributed by atoms with Crippen molar-refractivity contribution in [2.24, 2.45) is 0 Å². The summed E-state index contributed by atoms with van der Waals surface area (Å²) in [6.45, 7) is 0.480. The molecule has 4 aromatic carbocycles. The smallest absolute Gasteiger partial charge is 0.329 e. The number of imide groups is 1. The van der Waals surface area contributed by atoms with Gasteiger partial charge in [0.25, 0.3) is 5.91 Å². The largest absolute Gasteiger partial charge is 0.351 e. The van der Waals surface area contributed by atoms with E-state index in [4.69, 9.17) is 0 Å². The van der Waals surface area contributed by atoms with Crippen LogP contribution in [0.4, 0.5) is 14.9 Å². The van der Waals surface area contributed by atoms with Crippen LogP contribution in [0.5, 0.6) is 0 Å². The van der Waals surface area contributed by atoms with Crippen LogP contribution >= 0.6 is 0 Å². The summed E-state index contributed by atoms with van der Waals surface area (Å²) < 4.78 is 13.5. The number of fused-ring (bicyclic) bond motifs is 1. The lowest BCUT2D eigenvalue weighted by Gasteiger charge is -2.17. The third kappa shape index (κ3) is 5.11. The Labute approximate surface area is 213 Å². The van der Waals surface area contributed by atoms with Crippen molar-refractivity contribution in [2.75, 3.05) is 4.90 Å². The molecule has 1 aliphatic heterocycles. The Kier molecular flexibility index (Phi) is 6.76. The summed E-state index contributed by atoms with van der Waals surface area (Å²) in [5, 5.41) is 5.60. The molecular weight excluding hydrogens is 469 g/mol. The number of nitrogens with one attached hydrogen (secondary N) is 2. The Balaban J connectivity index is 1.45. The van der Waals surface area contributed by atoms with Crippen LogP contribution in [0, 0.1) is 5.82 Å². The number of benzene rings is 4. The Morgan fingerprint density at radius 2 is 1.30 bits per heavy atom. The SMILES string of the molecule is O=C(NCc1ccccc1)C1C(=O)N(C(=O)NCc2ccccc2)c2ccc(-c3ccc(F)cc3)cc21. The average molecular weight is 494 g/mol. The van der Waals surface area contributed by atoms with Crippen molar-refractivity contribution in [3.8, 4) is 11.1 Å². The minimum absolute atomic E-state index is 0.233. The predicted octanol–water partition coefficient (Wildman–Crippen LogP) is 5.15. The molecule has 4 aromatic rings. The number of amides is 4. The molecule has 0 aromatic heterocycles. The fraction of sp³-hybridized carbons (Fsp3) is 0.100. The summed E-state index contributed by atoms with van der Waals surface area (Å²) >= 11 is 0. The van der Waals surface area contributed by atoms with E-state index < -0.39 is 23.8 Å². The first kappa shape index (κ1) is 23.9. The first-order chi connectivity index (χ1) is 18.0. The lowest BCUT2D eigenvalue weighted by atomic mass is 9.95. The predicted molar refractivity (Wildman–Crippen MR) is 139 cm³/mol. The molecule has 184 valence electrons. The number of hydrogen-bond acceptors (Lipinski definition) is 3. The van der Waals surface area contributed by atoms with Crippen LogP contribution in [-0.4, -0.2) is 17.8 Å². The number of nitrogens with zero attached hydrogens (tertiary/aromatic N) is 1. The molecule has 1 unspecified atom stereocenters. The van der Waals surface area contributed by atoms with Gasteiger partial charge in [-0.2, -0.15) is 0 Å². The van der Waals surface area contributed by atoms with Gasteiger partial charge in [0.2, 0.25) is 5.91 Å². The van der Waals surface area contributed by atoms with E-state index in [9.17, 15) is 18.8 Å². The second kappa shape index (κ2) is 10.5. The van der Waals surface area contributed by atoms with E-state index >= 15 is 0 Å². The van der Waals surface area contributed by atoms with E-state index in [2.05, 4.69) is 10.6 Å². The summed E-state index contributed by atoms with van der Waals surface area (Å²) in [4.78, 5) is 41.0. The molecule has 2 N–H and O–H groups in total. The van der Waals surface area contributed by atoms with Crippen LogP contribution < -0.4 is 15.5 Å². The van der Waals surface area contributed by atoms with E-state index in [0.29, 0.717) is 16.8 Å². The normalized spacial score (nSPS) is 14.2. The molecule has 37 heavy (non-hydrogen) atoms. The minimum Gasteiger partial charge on any atom is -0.351 e. The Morgan fingerprint density at radius 3 is 1.92 bits per heavy atom. The number of hydrogen-bond donors (Lipinski definition) is 2.